The van der Waals surface area contributed by atoms with E-state index in [1.54, 1.807) is 6.20 Å². The predicted molar refractivity (Wildman–Crippen MR) is 185 cm³/mol. The van der Waals surface area contributed by atoms with Gasteiger partial charge in [-0.25, -0.2) is 9.98 Å². The monoisotopic (exact) mass is 669 g/mol. The lowest BCUT2D eigenvalue weighted by molar-refractivity contribution is -0.143. The fourth-order valence-corrected chi connectivity index (χ4v) is 7.33. The van der Waals surface area contributed by atoms with Crippen molar-refractivity contribution in [2.45, 2.75) is 76.6 Å². The number of fused-ring (bicyclic) bond motifs is 1. The maximum absolute atomic E-state index is 14.1. The Hall–Kier alpha value is -4.48. The van der Waals surface area contributed by atoms with Crippen molar-refractivity contribution in [3.05, 3.63) is 84.1 Å². The molecule has 11 nitrogen and oxygen atoms in total. The molecule has 2 aliphatic heterocycles. The number of aromatic nitrogens is 1. The maximum atomic E-state index is 14.1. The molecule has 1 amide bonds. The summed E-state index contributed by atoms with van der Waals surface area (Å²) in [5.41, 5.74) is 9.40. The molecule has 49 heavy (non-hydrogen) atoms. The van der Waals surface area contributed by atoms with E-state index in [-0.39, 0.29) is 29.8 Å². The summed E-state index contributed by atoms with van der Waals surface area (Å²) in [6, 6.07) is 21.4. The third-order valence-electron chi connectivity index (χ3n) is 10.0. The van der Waals surface area contributed by atoms with E-state index in [0.29, 0.717) is 95.6 Å². The van der Waals surface area contributed by atoms with Gasteiger partial charge >= 0.3 is 5.97 Å². The highest BCUT2D eigenvalue weighted by atomic mass is 16.5. The smallest absolute Gasteiger partial charge is 0.306 e. The Balaban J connectivity index is 1.15. The minimum absolute atomic E-state index is 0.00557. The minimum Gasteiger partial charge on any atom is -0.481 e. The molecule has 3 aromatic rings. The second-order valence-electron chi connectivity index (χ2n) is 13.2. The number of aliphatic carboxylic acids is 1. The van der Waals surface area contributed by atoms with Crippen LogP contribution in [0.2, 0.25) is 0 Å². The first kappa shape index (κ1) is 34.4. The van der Waals surface area contributed by atoms with Crippen LogP contribution >= 0.6 is 0 Å². The van der Waals surface area contributed by atoms with E-state index >= 15 is 0 Å². The normalized spacial score (nSPS) is 20.2. The third-order valence-corrected chi connectivity index (χ3v) is 10.0. The molecule has 0 spiro atoms. The summed E-state index contributed by atoms with van der Waals surface area (Å²) in [6.45, 7) is 3.23. The molecule has 6 rings (SSSR count). The van der Waals surface area contributed by atoms with Crippen molar-refractivity contribution in [1.82, 2.24) is 14.8 Å². The van der Waals surface area contributed by atoms with Gasteiger partial charge in [-0.1, -0.05) is 48.5 Å². The molecule has 2 fully saturated rings. The summed E-state index contributed by atoms with van der Waals surface area (Å²) < 4.78 is 17.7. The number of rotatable bonds is 14. The van der Waals surface area contributed by atoms with Gasteiger partial charge < -0.3 is 34.9 Å². The average Bonchev–Trinajstić information content (AvgIpc) is 3.13. The lowest BCUT2D eigenvalue weighted by Gasteiger charge is -2.41. The molecule has 1 unspecified atom stereocenters. The fraction of sp³-hybridized carbons (Fsp3) is 0.474. The highest BCUT2D eigenvalue weighted by molar-refractivity contribution is 5.84. The quantitative estimate of drug-likeness (QED) is 0.201. The molecule has 3 aliphatic rings. The summed E-state index contributed by atoms with van der Waals surface area (Å²) in [7, 11) is 0. The largest absolute Gasteiger partial charge is 0.481 e. The number of carboxylic acid groups (broad SMARTS) is 1. The number of nitrogens with two attached hydrogens (primary N) is 1. The second-order valence-corrected chi connectivity index (χ2v) is 13.2. The van der Waals surface area contributed by atoms with E-state index in [1.807, 2.05) is 71.6 Å². The number of aliphatic imine (C=N–C) groups is 1. The van der Waals surface area contributed by atoms with Crippen LogP contribution in [0, 0.1) is 11.8 Å². The van der Waals surface area contributed by atoms with Gasteiger partial charge in [-0.15, -0.1) is 0 Å². The summed E-state index contributed by atoms with van der Waals surface area (Å²) >= 11 is 0. The molecule has 1 aromatic heterocycles. The number of nitrogens with zero attached hydrogens (tertiary/aromatic N) is 4. The van der Waals surface area contributed by atoms with Crippen molar-refractivity contribution < 1.29 is 28.9 Å². The number of amides is 1. The van der Waals surface area contributed by atoms with E-state index in [9.17, 15) is 14.7 Å². The molecule has 2 aromatic carbocycles. The van der Waals surface area contributed by atoms with E-state index in [4.69, 9.17) is 24.9 Å². The number of carbonyl (C=O) groups excluding carboxylic acids is 1. The van der Waals surface area contributed by atoms with Crippen LogP contribution in [0.3, 0.4) is 0 Å². The lowest BCUT2D eigenvalue weighted by Crippen LogP contribution is -2.50. The Morgan fingerprint density at radius 2 is 1.71 bits per heavy atom. The Kier molecular flexibility index (Phi) is 11.8. The van der Waals surface area contributed by atoms with Crippen molar-refractivity contribution >= 4 is 23.5 Å². The number of benzene rings is 2. The summed E-state index contributed by atoms with van der Waals surface area (Å²) in [6.07, 6.45) is 6.91. The second kappa shape index (κ2) is 16.8. The van der Waals surface area contributed by atoms with Gasteiger partial charge in [-0.2, -0.15) is 0 Å². The first-order chi connectivity index (χ1) is 23.9. The molecule has 0 radical (unpaired) electrons. The summed E-state index contributed by atoms with van der Waals surface area (Å²) in [4.78, 5) is 39.0. The van der Waals surface area contributed by atoms with Gasteiger partial charge in [0.15, 0.2) is 5.96 Å². The number of para-hydroxylation sites is 1. The Morgan fingerprint density at radius 3 is 2.43 bits per heavy atom. The minimum atomic E-state index is -0.751. The number of carbonyl (C=O) groups is 2. The van der Waals surface area contributed by atoms with Gasteiger partial charge in [0.05, 0.1) is 31.0 Å². The van der Waals surface area contributed by atoms with Crippen molar-refractivity contribution in [1.29, 1.82) is 0 Å². The zero-order valence-electron chi connectivity index (χ0n) is 28.0. The molecule has 260 valence electrons. The van der Waals surface area contributed by atoms with Crippen LogP contribution in [-0.4, -0.2) is 76.2 Å². The van der Waals surface area contributed by atoms with E-state index in [2.05, 4.69) is 9.88 Å². The van der Waals surface area contributed by atoms with Crippen molar-refractivity contribution in [2.75, 3.05) is 26.4 Å². The molecule has 1 saturated carbocycles. The number of carboxylic acids is 1. The molecule has 1 saturated heterocycles. The Bertz CT molecular complexity index is 1560. The molecule has 3 heterocycles. The van der Waals surface area contributed by atoms with Crippen LogP contribution in [0.1, 0.15) is 62.5 Å². The number of hydrogen-bond donors (Lipinski definition) is 2. The Morgan fingerprint density at radius 1 is 1.00 bits per heavy atom. The zero-order chi connectivity index (χ0) is 34.0. The van der Waals surface area contributed by atoms with E-state index < -0.39 is 5.97 Å². The van der Waals surface area contributed by atoms with Gasteiger partial charge in [0, 0.05) is 56.4 Å². The SMILES string of the molecule is NC1=Nc2cnc(Oc3ccccc3)cc2CN1C(CCC(=O)N(CCOCc1ccccc1)C1CCC(C(=O)O)CC1)C1CCOCC1. The van der Waals surface area contributed by atoms with Crippen LogP contribution in [-0.2, 0) is 32.2 Å². The molecule has 1 atom stereocenters. The first-order valence-electron chi connectivity index (χ1n) is 17.5. The summed E-state index contributed by atoms with van der Waals surface area (Å²) in [5, 5.41) is 9.57. The summed E-state index contributed by atoms with van der Waals surface area (Å²) in [5.74, 6) is 0.865. The van der Waals surface area contributed by atoms with Crippen molar-refractivity contribution in [2.24, 2.45) is 22.6 Å². The third kappa shape index (κ3) is 9.16. The lowest BCUT2D eigenvalue weighted by atomic mass is 9.84. The van der Waals surface area contributed by atoms with E-state index in [1.165, 1.54) is 0 Å². The van der Waals surface area contributed by atoms with Crippen LogP contribution in [0.4, 0.5) is 5.69 Å². The fourth-order valence-electron chi connectivity index (χ4n) is 7.33. The van der Waals surface area contributed by atoms with Gasteiger partial charge in [0.1, 0.15) is 5.75 Å². The molecule has 11 heteroatoms. The average molecular weight is 670 g/mol. The number of ether oxygens (including phenoxy) is 3. The maximum Gasteiger partial charge on any atom is 0.306 e. The van der Waals surface area contributed by atoms with E-state index in [0.717, 1.165) is 29.7 Å². The molecular formula is C38H47N5O6. The van der Waals surface area contributed by atoms with Gasteiger partial charge in [0.25, 0.3) is 0 Å². The van der Waals surface area contributed by atoms with Crippen LogP contribution in [0.25, 0.3) is 0 Å². The van der Waals surface area contributed by atoms with Gasteiger partial charge in [-0.3, -0.25) is 9.59 Å². The number of pyridine rings is 1. The number of guanidine groups is 1. The van der Waals surface area contributed by atoms with Crippen molar-refractivity contribution in [3.63, 3.8) is 0 Å². The highest BCUT2D eigenvalue weighted by Crippen LogP contribution is 2.35. The first-order valence-corrected chi connectivity index (χ1v) is 17.5. The molecule has 0 bridgehead atoms. The van der Waals surface area contributed by atoms with Gasteiger partial charge in [-0.05, 0) is 68.6 Å². The van der Waals surface area contributed by atoms with Crippen molar-refractivity contribution in [3.8, 4) is 11.6 Å². The standard InChI is InChI=1S/C38H47N5O6/c39-38-41-33-24-40-35(49-32-9-5-2-6-10-32)23-30(33)25-43(38)34(28-17-20-47-21-18-28)15-16-36(44)42(31-13-11-29(12-14-31)37(45)46)19-22-48-26-27-7-3-1-4-8-27/h1-10,23-24,28-29,31,34H,11-22,25-26H2,(H2,39,41)(H,45,46). The molecular weight excluding hydrogens is 622 g/mol. The van der Waals surface area contributed by atoms with Gasteiger partial charge in [0.2, 0.25) is 11.8 Å². The van der Waals surface area contributed by atoms with Crippen LogP contribution in [0.15, 0.2) is 77.9 Å². The topological polar surface area (TPSA) is 140 Å². The highest BCUT2D eigenvalue weighted by Gasteiger charge is 2.35. The molecule has 1 aliphatic carbocycles. The zero-order valence-corrected chi connectivity index (χ0v) is 28.0. The van der Waals surface area contributed by atoms with Crippen LogP contribution in [0.5, 0.6) is 11.6 Å². The predicted octanol–water partition coefficient (Wildman–Crippen LogP) is 5.90. The van der Waals surface area contributed by atoms with Crippen LogP contribution < -0.4 is 10.5 Å². The molecule has 3 N–H and O–H groups in total. The number of hydrogen-bond acceptors (Lipinski definition) is 9. The Labute approximate surface area is 288 Å².